The van der Waals surface area contributed by atoms with Crippen molar-refractivity contribution in [3.63, 3.8) is 0 Å². The van der Waals surface area contributed by atoms with Gasteiger partial charge in [0.2, 0.25) is 0 Å². The van der Waals surface area contributed by atoms with Gasteiger partial charge in [0.1, 0.15) is 5.56 Å². The minimum Gasteiger partial charge on any atom is -0.399 e. The van der Waals surface area contributed by atoms with Crippen LogP contribution >= 0.6 is 0 Å². The van der Waals surface area contributed by atoms with Crippen molar-refractivity contribution < 1.29 is 9.72 Å². The maximum atomic E-state index is 12.5. The standard InChI is InChI=1S/C14H19N3O3/c1-2-16(9-10-4-3-5-10)14(18)12-8-11(15)6-7-13(12)17(19)20/h6-8,10H,2-5,9,15H2,1H3. The molecular formula is C14H19N3O3. The van der Waals surface area contributed by atoms with Crippen LogP contribution in [0.15, 0.2) is 18.2 Å². The SMILES string of the molecule is CCN(CC1CCC1)C(=O)c1cc(N)ccc1[N+](=O)[O-]. The summed E-state index contributed by atoms with van der Waals surface area (Å²) in [6.07, 6.45) is 3.46. The zero-order valence-electron chi connectivity index (χ0n) is 11.5. The number of nitrogens with two attached hydrogens (primary N) is 1. The van der Waals surface area contributed by atoms with Gasteiger partial charge in [-0.3, -0.25) is 14.9 Å². The van der Waals surface area contributed by atoms with Crippen molar-refractivity contribution >= 4 is 17.3 Å². The molecule has 0 aromatic heterocycles. The van der Waals surface area contributed by atoms with Crippen molar-refractivity contribution in [1.29, 1.82) is 0 Å². The summed E-state index contributed by atoms with van der Waals surface area (Å²) in [4.78, 5) is 24.7. The largest absolute Gasteiger partial charge is 0.399 e. The molecule has 1 aromatic carbocycles. The molecule has 0 bridgehead atoms. The van der Waals surface area contributed by atoms with Gasteiger partial charge in [0, 0.05) is 24.8 Å². The third-order valence-corrected chi connectivity index (χ3v) is 3.82. The van der Waals surface area contributed by atoms with Gasteiger partial charge in [0.25, 0.3) is 11.6 Å². The number of rotatable bonds is 5. The molecule has 20 heavy (non-hydrogen) atoms. The van der Waals surface area contributed by atoms with Crippen LogP contribution < -0.4 is 5.73 Å². The lowest BCUT2D eigenvalue weighted by molar-refractivity contribution is -0.385. The van der Waals surface area contributed by atoms with Crippen molar-refractivity contribution in [2.75, 3.05) is 18.8 Å². The number of anilines is 1. The summed E-state index contributed by atoms with van der Waals surface area (Å²) in [6, 6.07) is 4.13. The molecule has 1 aromatic rings. The summed E-state index contributed by atoms with van der Waals surface area (Å²) in [5.41, 5.74) is 5.91. The van der Waals surface area contributed by atoms with Gasteiger partial charge in [-0.1, -0.05) is 6.42 Å². The lowest BCUT2D eigenvalue weighted by Crippen LogP contribution is -2.37. The molecule has 0 aliphatic heterocycles. The number of nitrogen functional groups attached to an aromatic ring is 1. The van der Waals surface area contributed by atoms with Crippen molar-refractivity contribution in [2.24, 2.45) is 5.92 Å². The predicted molar refractivity (Wildman–Crippen MR) is 76.4 cm³/mol. The van der Waals surface area contributed by atoms with E-state index in [0.29, 0.717) is 24.7 Å². The highest BCUT2D eigenvalue weighted by molar-refractivity contribution is 5.99. The van der Waals surface area contributed by atoms with Gasteiger partial charge < -0.3 is 10.6 Å². The van der Waals surface area contributed by atoms with Gasteiger partial charge in [0.15, 0.2) is 0 Å². The Bertz CT molecular complexity index is 526. The summed E-state index contributed by atoms with van der Waals surface area (Å²) in [6.45, 7) is 3.09. The van der Waals surface area contributed by atoms with Gasteiger partial charge in [-0.2, -0.15) is 0 Å². The number of benzene rings is 1. The van der Waals surface area contributed by atoms with E-state index in [-0.39, 0.29) is 17.2 Å². The molecule has 1 fully saturated rings. The molecule has 6 nitrogen and oxygen atoms in total. The smallest absolute Gasteiger partial charge is 0.282 e. The third kappa shape index (κ3) is 2.89. The van der Waals surface area contributed by atoms with Crippen molar-refractivity contribution in [1.82, 2.24) is 4.90 Å². The van der Waals surface area contributed by atoms with Crippen LogP contribution in [0.1, 0.15) is 36.5 Å². The van der Waals surface area contributed by atoms with E-state index >= 15 is 0 Å². The van der Waals surface area contributed by atoms with Crippen LogP contribution in [-0.2, 0) is 0 Å². The number of hydrogen-bond acceptors (Lipinski definition) is 4. The monoisotopic (exact) mass is 277 g/mol. The summed E-state index contributed by atoms with van der Waals surface area (Å²) >= 11 is 0. The number of nitrogens with zero attached hydrogens (tertiary/aromatic N) is 2. The number of nitro groups is 1. The van der Waals surface area contributed by atoms with Crippen LogP contribution in [0, 0.1) is 16.0 Å². The molecule has 1 amide bonds. The van der Waals surface area contributed by atoms with Gasteiger partial charge in [-0.05, 0) is 37.8 Å². The Morgan fingerprint density at radius 1 is 1.50 bits per heavy atom. The highest BCUT2D eigenvalue weighted by atomic mass is 16.6. The Balaban J connectivity index is 2.25. The third-order valence-electron chi connectivity index (χ3n) is 3.82. The molecule has 1 aliphatic rings. The van der Waals surface area contributed by atoms with Gasteiger partial charge in [0.05, 0.1) is 4.92 Å². The molecule has 1 saturated carbocycles. The molecule has 2 N–H and O–H groups in total. The molecule has 6 heteroatoms. The second kappa shape index (κ2) is 5.90. The summed E-state index contributed by atoms with van der Waals surface area (Å²) < 4.78 is 0. The van der Waals surface area contributed by atoms with E-state index in [0.717, 1.165) is 12.8 Å². The topological polar surface area (TPSA) is 89.5 Å². The molecule has 1 aliphatic carbocycles. The average Bonchev–Trinajstić information content (AvgIpc) is 2.36. The Morgan fingerprint density at radius 2 is 2.20 bits per heavy atom. The van der Waals surface area contributed by atoms with E-state index in [2.05, 4.69) is 0 Å². The Labute approximate surface area is 117 Å². The number of amides is 1. The molecule has 0 unspecified atom stereocenters. The minimum absolute atomic E-state index is 0.0798. The fraction of sp³-hybridized carbons (Fsp3) is 0.500. The van der Waals surface area contributed by atoms with Crippen LogP contribution in [-0.4, -0.2) is 28.8 Å². The maximum absolute atomic E-state index is 12.5. The van der Waals surface area contributed by atoms with Gasteiger partial charge in [-0.15, -0.1) is 0 Å². The highest BCUT2D eigenvalue weighted by Gasteiger charge is 2.27. The van der Waals surface area contributed by atoms with Crippen molar-refractivity contribution in [3.8, 4) is 0 Å². The number of carbonyl (C=O) groups excluding carboxylic acids is 1. The molecular weight excluding hydrogens is 258 g/mol. The summed E-state index contributed by atoms with van der Waals surface area (Å²) in [7, 11) is 0. The van der Waals surface area contributed by atoms with Crippen molar-refractivity contribution in [2.45, 2.75) is 26.2 Å². The normalized spacial score (nSPS) is 14.7. The zero-order chi connectivity index (χ0) is 14.7. The molecule has 0 saturated heterocycles. The van der Waals surface area contributed by atoms with E-state index in [1.165, 1.54) is 24.6 Å². The second-order valence-electron chi connectivity index (χ2n) is 5.17. The van der Waals surface area contributed by atoms with E-state index in [1.807, 2.05) is 6.92 Å². The first-order valence-corrected chi connectivity index (χ1v) is 6.86. The molecule has 0 atom stereocenters. The van der Waals surface area contributed by atoms with E-state index in [4.69, 9.17) is 5.73 Å². The molecule has 0 radical (unpaired) electrons. The van der Waals surface area contributed by atoms with E-state index in [1.54, 1.807) is 4.90 Å². The zero-order valence-corrected chi connectivity index (χ0v) is 11.5. The number of hydrogen-bond donors (Lipinski definition) is 1. The number of nitro benzene ring substituents is 1. The van der Waals surface area contributed by atoms with E-state index < -0.39 is 4.92 Å². The first-order chi connectivity index (χ1) is 9.52. The Morgan fingerprint density at radius 3 is 2.70 bits per heavy atom. The number of carbonyl (C=O) groups is 1. The fourth-order valence-electron chi connectivity index (χ4n) is 2.40. The van der Waals surface area contributed by atoms with Crippen LogP contribution in [0.3, 0.4) is 0 Å². The minimum atomic E-state index is -0.538. The fourth-order valence-corrected chi connectivity index (χ4v) is 2.40. The van der Waals surface area contributed by atoms with Gasteiger partial charge >= 0.3 is 0 Å². The van der Waals surface area contributed by atoms with Crippen LogP contribution in [0.2, 0.25) is 0 Å². The first kappa shape index (κ1) is 14.3. The van der Waals surface area contributed by atoms with Crippen molar-refractivity contribution in [3.05, 3.63) is 33.9 Å². The molecule has 0 spiro atoms. The summed E-state index contributed by atoms with van der Waals surface area (Å²) in [5, 5.41) is 11.0. The maximum Gasteiger partial charge on any atom is 0.282 e. The van der Waals surface area contributed by atoms with Crippen LogP contribution in [0.5, 0.6) is 0 Å². The highest BCUT2D eigenvalue weighted by Crippen LogP contribution is 2.29. The lowest BCUT2D eigenvalue weighted by Gasteiger charge is -2.31. The quantitative estimate of drug-likeness (QED) is 0.508. The van der Waals surface area contributed by atoms with E-state index in [9.17, 15) is 14.9 Å². The molecule has 108 valence electrons. The summed E-state index contributed by atoms with van der Waals surface area (Å²) in [5.74, 6) is 0.220. The average molecular weight is 277 g/mol. The molecule has 0 heterocycles. The first-order valence-electron chi connectivity index (χ1n) is 6.86. The second-order valence-corrected chi connectivity index (χ2v) is 5.17. The predicted octanol–water partition coefficient (Wildman–Crippen LogP) is 2.44. The molecule has 2 rings (SSSR count). The van der Waals surface area contributed by atoms with Crippen LogP contribution in [0.4, 0.5) is 11.4 Å². The van der Waals surface area contributed by atoms with Gasteiger partial charge in [-0.25, -0.2) is 0 Å². The van der Waals surface area contributed by atoms with Crippen LogP contribution in [0.25, 0.3) is 0 Å². The Hall–Kier alpha value is -2.11. The Kier molecular flexibility index (Phi) is 4.22. The lowest BCUT2D eigenvalue weighted by atomic mass is 9.85.